The van der Waals surface area contributed by atoms with Crippen molar-refractivity contribution in [3.05, 3.63) is 0 Å². The normalized spacial score (nSPS) is 23.2. The van der Waals surface area contributed by atoms with Crippen LogP contribution >= 0.6 is 24.8 Å². The van der Waals surface area contributed by atoms with Gasteiger partial charge in [-0.15, -0.1) is 24.8 Å². The molecule has 0 aliphatic carbocycles. The SMILES string of the molecule is Cl.Cl.O=C(C1CCCNC1)N1CCN(CC(F)(F)C(F)F)CC1. The first-order valence-corrected chi connectivity index (χ1v) is 7.28. The summed E-state index contributed by atoms with van der Waals surface area (Å²) in [5.74, 6) is -3.99. The van der Waals surface area contributed by atoms with Crippen LogP contribution in [0.25, 0.3) is 0 Å². The number of carbonyl (C=O) groups is 1. The number of alkyl halides is 4. The summed E-state index contributed by atoms with van der Waals surface area (Å²) in [6.45, 7) is 1.71. The largest absolute Gasteiger partial charge is 0.340 e. The van der Waals surface area contributed by atoms with Gasteiger partial charge in [-0.1, -0.05) is 0 Å². The highest BCUT2D eigenvalue weighted by atomic mass is 35.5. The second-order valence-electron chi connectivity index (χ2n) is 5.71. The Labute approximate surface area is 145 Å². The molecule has 2 fully saturated rings. The molecule has 0 bridgehead atoms. The first-order chi connectivity index (χ1) is 9.90. The molecule has 2 rings (SSSR count). The van der Waals surface area contributed by atoms with Gasteiger partial charge in [0.1, 0.15) is 0 Å². The molecule has 10 heteroatoms. The van der Waals surface area contributed by atoms with Gasteiger partial charge in [0.25, 0.3) is 0 Å². The van der Waals surface area contributed by atoms with Gasteiger partial charge in [0.15, 0.2) is 0 Å². The van der Waals surface area contributed by atoms with E-state index in [0.717, 1.165) is 19.4 Å². The molecule has 0 aromatic carbocycles. The van der Waals surface area contributed by atoms with Gasteiger partial charge in [-0.05, 0) is 19.4 Å². The van der Waals surface area contributed by atoms with Gasteiger partial charge in [0.2, 0.25) is 5.91 Å². The third-order valence-electron chi connectivity index (χ3n) is 4.08. The van der Waals surface area contributed by atoms with E-state index in [2.05, 4.69) is 5.32 Å². The minimum atomic E-state index is -3.99. The highest BCUT2D eigenvalue weighted by molar-refractivity contribution is 5.85. The van der Waals surface area contributed by atoms with E-state index in [1.54, 1.807) is 4.90 Å². The minimum Gasteiger partial charge on any atom is -0.340 e. The number of halogens is 6. The number of piperidine rings is 1. The number of carbonyl (C=O) groups excluding carboxylic acids is 1. The lowest BCUT2D eigenvalue weighted by Crippen LogP contribution is -2.54. The summed E-state index contributed by atoms with van der Waals surface area (Å²) in [5.41, 5.74) is 0. The molecule has 0 saturated carbocycles. The van der Waals surface area contributed by atoms with Crippen LogP contribution in [0.15, 0.2) is 0 Å². The molecule has 2 aliphatic rings. The van der Waals surface area contributed by atoms with Crippen LogP contribution in [0.2, 0.25) is 0 Å². The first kappa shape index (κ1) is 22.7. The summed E-state index contributed by atoms with van der Waals surface area (Å²) in [7, 11) is 0. The fraction of sp³-hybridized carbons (Fsp3) is 0.923. The van der Waals surface area contributed by atoms with Gasteiger partial charge in [0.05, 0.1) is 12.5 Å². The van der Waals surface area contributed by atoms with Crippen LogP contribution in [0.5, 0.6) is 0 Å². The average molecular weight is 384 g/mol. The van der Waals surface area contributed by atoms with Crippen LogP contribution in [0.3, 0.4) is 0 Å². The molecular weight excluding hydrogens is 361 g/mol. The Kier molecular flexibility index (Phi) is 9.73. The zero-order valence-corrected chi connectivity index (χ0v) is 14.3. The third kappa shape index (κ3) is 6.25. The summed E-state index contributed by atoms with van der Waals surface area (Å²) in [6, 6.07) is 0. The zero-order chi connectivity index (χ0) is 15.5. The number of nitrogens with one attached hydrogen (secondary N) is 1. The van der Waals surface area contributed by atoms with Gasteiger partial charge < -0.3 is 10.2 Å². The molecule has 138 valence electrons. The number of hydrogen-bond donors (Lipinski definition) is 1. The molecule has 2 aliphatic heterocycles. The molecular formula is C13H23Cl2F4N3O. The Bertz CT molecular complexity index is 363. The van der Waals surface area contributed by atoms with Crippen LogP contribution in [-0.2, 0) is 4.79 Å². The lowest BCUT2D eigenvalue weighted by atomic mass is 9.98. The van der Waals surface area contributed by atoms with Crippen molar-refractivity contribution in [3.63, 3.8) is 0 Å². The topological polar surface area (TPSA) is 35.6 Å². The van der Waals surface area contributed by atoms with Crippen molar-refractivity contribution < 1.29 is 22.4 Å². The van der Waals surface area contributed by atoms with E-state index in [1.165, 1.54) is 4.90 Å². The molecule has 1 atom stereocenters. The smallest absolute Gasteiger partial charge is 0.319 e. The molecule has 1 amide bonds. The van der Waals surface area contributed by atoms with Crippen LogP contribution in [-0.4, -0.2) is 73.9 Å². The van der Waals surface area contributed by atoms with Gasteiger partial charge >= 0.3 is 12.3 Å². The van der Waals surface area contributed by atoms with E-state index >= 15 is 0 Å². The standard InChI is InChI=1S/C13H21F4N3O.2ClH/c14-12(15)13(16,17)9-19-4-6-20(7-5-19)11(21)10-2-1-3-18-8-10;;/h10,12,18H,1-9H2;2*1H. The van der Waals surface area contributed by atoms with Crippen molar-refractivity contribution in [2.75, 3.05) is 45.8 Å². The molecule has 2 heterocycles. The molecule has 0 spiro atoms. The molecule has 23 heavy (non-hydrogen) atoms. The summed E-state index contributed by atoms with van der Waals surface area (Å²) in [5, 5.41) is 3.17. The molecule has 0 aromatic heterocycles. The van der Waals surface area contributed by atoms with Crippen molar-refractivity contribution in [2.45, 2.75) is 25.2 Å². The highest BCUT2D eigenvalue weighted by Gasteiger charge is 2.43. The second kappa shape index (κ2) is 9.86. The molecule has 0 radical (unpaired) electrons. The van der Waals surface area contributed by atoms with Crippen molar-refractivity contribution in [1.29, 1.82) is 0 Å². The second-order valence-corrected chi connectivity index (χ2v) is 5.71. The highest BCUT2D eigenvalue weighted by Crippen LogP contribution is 2.24. The predicted octanol–water partition coefficient (Wildman–Crippen LogP) is 1.87. The number of amides is 1. The van der Waals surface area contributed by atoms with Crippen LogP contribution in [0.4, 0.5) is 17.6 Å². The van der Waals surface area contributed by atoms with Gasteiger partial charge in [0, 0.05) is 32.7 Å². The summed E-state index contributed by atoms with van der Waals surface area (Å²) in [6.07, 6.45) is -1.85. The Morgan fingerprint density at radius 3 is 2.26 bits per heavy atom. The maximum atomic E-state index is 13.0. The number of hydrogen-bond acceptors (Lipinski definition) is 3. The molecule has 1 unspecified atom stereocenters. The maximum absolute atomic E-state index is 13.0. The van der Waals surface area contributed by atoms with E-state index in [0.29, 0.717) is 19.6 Å². The van der Waals surface area contributed by atoms with Crippen molar-refractivity contribution in [1.82, 2.24) is 15.1 Å². The summed E-state index contributed by atoms with van der Waals surface area (Å²) >= 11 is 0. The fourth-order valence-corrected chi connectivity index (χ4v) is 2.81. The first-order valence-electron chi connectivity index (χ1n) is 7.28. The van der Waals surface area contributed by atoms with Gasteiger partial charge in [-0.2, -0.15) is 8.78 Å². The van der Waals surface area contributed by atoms with Crippen LogP contribution in [0.1, 0.15) is 12.8 Å². The average Bonchev–Trinajstić information content (AvgIpc) is 2.48. The van der Waals surface area contributed by atoms with Crippen molar-refractivity contribution >= 4 is 30.7 Å². The van der Waals surface area contributed by atoms with E-state index < -0.39 is 18.9 Å². The number of nitrogens with zero attached hydrogens (tertiary/aromatic N) is 2. The minimum absolute atomic E-state index is 0. The van der Waals surface area contributed by atoms with E-state index in [-0.39, 0.29) is 49.7 Å². The Hall–Kier alpha value is -0.310. The molecule has 4 nitrogen and oxygen atoms in total. The van der Waals surface area contributed by atoms with Crippen molar-refractivity contribution in [2.24, 2.45) is 5.92 Å². The number of rotatable bonds is 4. The molecule has 0 aromatic rings. The monoisotopic (exact) mass is 383 g/mol. The summed E-state index contributed by atoms with van der Waals surface area (Å²) < 4.78 is 50.3. The van der Waals surface area contributed by atoms with Gasteiger partial charge in [-0.25, -0.2) is 8.78 Å². The quantitative estimate of drug-likeness (QED) is 0.752. The Morgan fingerprint density at radius 2 is 1.78 bits per heavy atom. The molecule has 1 N–H and O–H groups in total. The van der Waals surface area contributed by atoms with E-state index in [4.69, 9.17) is 0 Å². The van der Waals surface area contributed by atoms with E-state index in [9.17, 15) is 22.4 Å². The third-order valence-corrected chi connectivity index (χ3v) is 4.08. The van der Waals surface area contributed by atoms with Crippen LogP contribution in [0, 0.1) is 5.92 Å². The number of piperazine rings is 1. The zero-order valence-electron chi connectivity index (χ0n) is 12.6. The van der Waals surface area contributed by atoms with Gasteiger partial charge in [-0.3, -0.25) is 9.69 Å². The fourth-order valence-electron chi connectivity index (χ4n) is 2.81. The summed E-state index contributed by atoms with van der Waals surface area (Å²) in [4.78, 5) is 15.2. The molecule has 2 saturated heterocycles. The lowest BCUT2D eigenvalue weighted by Gasteiger charge is -2.38. The van der Waals surface area contributed by atoms with E-state index in [1.807, 2.05) is 0 Å². The lowest BCUT2D eigenvalue weighted by molar-refractivity contribution is -0.149. The van der Waals surface area contributed by atoms with Crippen molar-refractivity contribution in [3.8, 4) is 0 Å². The van der Waals surface area contributed by atoms with Crippen LogP contribution < -0.4 is 5.32 Å². The Balaban J connectivity index is 0.00000242. The Morgan fingerprint density at radius 1 is 1.17 bits per heavy atom. The predicted molar refractivity (Wildman–Crippen MR) is 84.1 cm³/mol. The maximum Gasteiger partial charge on any atom is 0.319 e.